The lowest BCUT2D eigenvalue weighted by Crippen LogP contribution is -2.42. The standard InChI is InChI=1S/C17H32N2O/c1-16(8-4-2-5-9-16)14-19-15(20)12-17(13-18)10-6-3-7-11-17/h2-14,18H2,1H3,(H,19,20). The minimum Gasteiger partial charge on any atom is -0.356 e. The predicted octanol–water partition coefficient (Wildman–Crippen LogP) is 3.37. The molecule has 2 aliphatic carbocycles. The average molecular weight is 280 g/mol. The van der Waals surface area contributed by atoms with E-state index < -0.39 is 0 Å². The van der Waals surface area contributed by atoms with Crippen LogP contribution in [0.1, 0.15) is 77.6 Å². The van der Waals surface area contributed by atoms with E-state index in [1.807, 2.05) is 0 Å². The molecule has 116 valence electrons. The average Bonchev–Trinajstić information content (AvgIpc) is 2.47. The molecule has 0 atom stereocenters. The van der Waals surface area contributed by atoms with Crippen molar-refractivity contribution in [2.24, 2.45) is 16.6 Å². The van der Waals surface area contributed by atoms with Crippen LogP contribution in [0.2, 0.25) is 0 Å². The maximum Gasteiger partial charge on any atom is 0.220 e. The number of hydrogen-bond acceptors (Lipinski definition) is 2. The van der Waals surface area contributed by atoms with Crippen LogP contribution in [0.15, 0.2) is 0 Å². The molecule has 0 bridgehead atoms. The summed E-state index contributed by atoms with van der Waals surface area (Å²) in [6.45, 7) is 3.84. The molecule has 0 aromatic carbocycles. The highest BCUT2D eigenvalue weighted by molar-refractivity contribution is 5.76. The smallest absolute Gasteiger partial charge is 0.220 e. The van der Waals surface area contributed by atoms with Gasteiger partial charge in [-0.05, 0) is 43.1 Å². The normalized spacial score (nSPS) is 25.1. The molecule has 3 heteroatoms. The maximum atomic E-state index is 12.3. The fraction of sp³-hybridized carbons (Fsp3) is 0.941. The van der Waals surface area contributed by atoms with Gasteiger partial charge in [0.15, 0.2) is 0 Å². The topological polar surface area (TPSA) is 55.1 Å². The number of amides is 1. The van der Waals surface area contributed by atoms with Crippen molar-refractivity contribution >= 4 is 5.91 Å². The Morgan fingerprint density at radius 1 is 1.00 bits per heavy atom. The fourth-order valence-corrected chi connectivity index (χ4v) is 4.05. The van der Waals surface area contributed by atoms with Crippen molar-refractivity contribution in [3.63, 3.8) is 0 Å². The Balaban J connectivity index is 1.79. The van der Waals surface area contributed by atoms with Crippen LogP contribution >= 0.6 is 0 Å². The van der Waals surface area contributed by atoms with Crippen molar-refractivity contribution in [3.05, 3.63) is 0 Å². The SMILES string of the molecule is CC1(CNC(=O)CC2(CN)CCCCC2)CCCCC1. The Kier molecular flexibility index (Phi) is 5.48. The van der Waals surface area contributed by atoms with Crippen molar-refractivity contribution < 1.29 is 4.79 Å². The van der Waals surface area contributed by atoms with Crippen LogP contribution in [0, 0.1) is 10.8 Å². The molecule has 2 fully saturated rings. The minimum atomic E-state index is 0.0931. The van der Waals surface area contributed by atoms with Gasteiger partial charge in [-0.2, -0.15) is 0 Å². The summed E-state index contributed by atoms with van der Waals surface area (Å²) < 4.78 is 0. The number of nitrogens with one attached hydrogen (secondary N) is 1. The van der Waals surface area contributed by atoms with Crippen molar-refractivity contribution in [2.75, 3.05) is 13.1 Å². The van der Waals surface area contributed by atoms with Gasteiger partial charge in [0.2, 0.25) is 5.91 Å². The highest BCUT2D eigenvalue weighted by atomic mass is 16.1. The molecule has 0 unspecified atom stereocenters. The van der Waals surface area contributed by atoms with Crippen molar-refractivity contribution in [1.29, 1.82) is 0 Å². The highest BCUT2D eigenvalue weighted by Crippen LogP contribution is 2.39. The van der Waals surface area contributed by atoms with Gasteiger partial charge in [0, 0.05) is 13.0 Å². The Hall–Kier alpha value is -0.570. The lowest BCUT2D eigenvalue weighted by molar-refractivity contribution is -0.124. The summed E-state index contributed by atoms with van der Waals surface area (Å²) in [7, 11) is 0. The van der Waals surface area contributed by atoms with Gasteiger partial charge in [-0.15, -0.1) is 0 Å². The van der Waals surface area contributed by atoms with Crippen molar-refractivity contribution in [1.82, 2.24) is 5.32 Å². The van der Waals surface area contributed by atoms with Crippen LogP contribution in [0.5, 0.6) is 0 Å². The quantitative estimate of drug-likeness (QED) is 0.811. The zero-order chi connectivity index (χ0) is 14.5. The first-order chi connectivity index (χ1) is 9.58. The molecule has 0 aromatic heterocycles. The molecule has 0 radical (unpaired) electrons. The zero-order valence-corrected chi connectivity index (χ0v) is 13.2. The number of carbonyl (C=O) groups excluding carboxylic acids is 1. The van der Waals surface area contributed by atoms with Gasteiger partial charge in [-0.3, -0.25) is 4.79 Å². The lowest BCUT2D eigenvalue weighted by atomic mass is 9.71. The van der Waals surface area contributed by atoms with Gasteiger partial charge in [-0.25, -0.2) is 0 Å². The third kappa shape index (κ3) is 4.21. The monoisotopic (exact) mass is 280 g/mol. The van der Waals surface area contributed by atoms with Gasteiger partial charge >= 0.3 is 0 Å². The Morgan fingerprint density at radius 2 is 1.55 bits per heavy atom. The zero-order valence-electron chi connectivity index (χ0n) is 13.2. The van der Waals surface area contributed by atoms with Crippen LogP contribution in [0.3, 0.4) is 0 Å². The van der Waals surface area contributed by atoms with Gasteiger partial charge < -0.3 is 11.1 Å². The molecule has 3 N–H and O–H groups in total. The van der Waals surface area contributed by atoms with E-state index in [2.05, 4.69) is 12.2 Å². The fourth-order valence-electron chi connectivity index (χ4n) is 4.05. The second-order valence-corrected chi connectivity index (χ2v) is 7.59. The first-order valence-electron chi connectivity index (χ1n) is 8.54. The molecule has 2 aliphatic rings. The third-order valence-corrected chi connectivity index (χ3v) is 5.66. The van der Waals surface area contributed by atoms with Crippen LogP contribution in [0.25, 0.3) is 0 Å². The molecular weight excluding hydrogens is 248 g/mol. The number of nitrogens with two attached hydrogens (primary N) is 1. The van der Waals surface area contributed by atoms with Crippen molar-refractivity contribution in [2.45, 2.75) is 77.6 Å². The largest absolute Gasteiger partial charge is 0.356 e. The van der Waals surface area contributed by atoms with Crippen LogP contribution < -0.4 is 11.1 Å². The van der Waals surface area contributed by atoms with E-state index in [0.717, 1.165) is 19.4 Å². The Bertz CT molecular complexity index is 315. The number of carbonyl (C=O) groups is 1. The van der Waals surface area contributed by atoms with Crippen LogP contribution in [-0.2, 0) is 4.79 Å². The molecular formula is C17H32N2O. The second-order valence-electron chi connectivity index (χ2n) is 7.59. The van der Waals surface area contributed by atoms with E-state index in [9.17, 15) is 4.79 Å². The molecule has 0 saturated heterocycles. The summed E-state index contributed by atoms with van der Waals surface area (Å²) in [5.74, 6) is 0.226. The molecule has 0 aromatic rings. The highest BCUT2D eigenvalue weighted by Gasteiger charge is 2.34. The van der Waals surface area contributed by atoms with E-state index in [-0.39, 0.29) is 11.3 Å². The molecule has 3 nitrogen and oxygen atoms in total. The molecule has 0 aliphatic heterocycles. The predicted molar refractivity (Wildman–Crippen MR) is 83.4 cm³/mol. The van der Waals surface area contributed by atoms with Crippen molar-refractivity contribution in [3.8, 4) is 0 Å². The van der Waals surface area contributed by atoms with Crippen LogP contribution in [0.4, 0.5) is 0 Å². The minimum absolute atomic E-state index is 0.0931. The second kappa shape index (κ2) is 6.93. The maximum absolute atomic E-state index is 12.3. The molecule has 1 amide bonds. The lowest BCUT2D eigenvalue weighted by Gasteiger charge is -2.37. The van der Waals surface area contributed by atoms with E-state index in [4.69, 9.17) is 5.73 Å². The molecule has 2 saturated carbocycles. The first kappa shape index (κ1) is 15.8. The number of rotatable bonds is 5. The molecule has 0 spiro atoms. The molecule has 2 rings (SSSR count). The summed E-state index contributed by atoms with van der Waals surface area (Å²) in [6, 6.07) is 0. The van der Waals surface area contributed by atoms with Gasteiger partial charge in [-0.1, -0.05) is 45.4 Å². The summed E-state index contributed by atoms with van der Waals surface area (Å²) >= 11 is 0. The van der Waals surface area contributed by atoms with E-state index in [1.54, 1.807) is 0 Å². The third-order valence-electron chi connectivity index (χ3n) is 5.66. The Morgan fingerprint density at radius 3 is 2.10 bits per heavy atom. The van der Waals surface area contributed by atoms with E-state index in [1.165, 1.54) is 51.4 Å². The molecule has 20 heavy (non-hydrogen) atoms. The molecule has 0 heterocycles. The summed E-state index contributed by atoms with van der Waals surface area (Å²) in [5, 5.41) is 3.20. The van der Waals surface area contributed by atoms with Gasteiger partial charge in [0.05, 0.1) is 0 Å². The number of hydrogen-bond donors (Lipinski definition) is 2. The van der Waals surface area contributed by atoms with E-state index >= 15 is 0 Å². The van der Waals surface area contributed by atoms with Crippen LogP contribution in [-0.4, -0.2) is 19.0 Å². The summed E-state index contributed by atoms with van der Waals surface area (Å²) in [5.41, 5.74) is 6.39. The van der Waals surface area contributed by atoms with E-state index in [0.29, 0.717) is 18.4 Å². The van der Waals surface area contributed by atoms with Gasteiger partial charge in [0.1, 0.15) is 0 Å². The first-order valence-corrected chi connectivity index (χ1v) is 8.54. The summed E-state index contributed by atoms with van der Waals surface area (Å²) in [6.07, 6.45) is 13.2. The Labute approximate surface area is 124 Å². The van der Waals surface area contributed by atoms with Gasteiger partial charge in [0.25, 0.3) is 0 Å². The summed E-state index contributed by atoms with van der Waals surface area (Å²) in [4.78, 5) is 12.3.